The molecule has 5 heterocycles. The summed E-state index contributed by atoms with van der Waals surface area (Å²) in [6.07, 6.45) is 13.0. The maximum absolute atomic E-state index is 6.46. The first-order valence-corrected chi connectivity index (χ1v) is 16.7. The van der Waals surface area contributed by atoms with Crippen LogP contribution in [0.25, 0.3) is 11.1 Å². The summed E-state index contributed by atoms with van der Waals surface area (Å²) < 4.78 is 21.5. The van der Waals surface area contributed by atoms with Gasteiger partial charge in [0.25, 0.3) is 5.88 Å². The summed E-state index contributed by atoms with van der Waals surface area (Å²) in [7, 11) is 0. The molecule has 1 saturated heterocycles. The standard InChI is InChI=1S/C33H38ClN11O3/c1-23(19-44-22-38-41-42-44)48-31-16-24(5-10-29(31)34)25-17-36-33(37-18-25)39-30-20-45(40-32(30)47-21-26-4-2-3-11-35-26)28-8-6-27(7-9-28)43-12-14-46-15-13-43/h2-5,10-11,16-18,20,22-23,27-28H,6-9,12-15,19,21H2,1H3,(H,36,37,39)/t23-,27?,28?/m0/s1. The van der Waals surface area contributed by atoms with Gasteiger partial charge in [0.15, 0.2) is 0 Å². The molecule has 2 aliphatic rings. The predicted molar refractivity (Wildman–Crippen MR) is 178 cm³/mol. The van der Waals surface area contributed by atoms with Gasteiger partial charge in [-0.2, -0.15) is 0 Å². The van der Waals surface area contributed by atoms with Crippen molar-refractivity contribution in [1.29, 1.82) is 0 Å². The second kappa shape index (κ2) is 15.0. The van der Waals surface area contributed by atoms with E-state index < -0.39 is 0 Å². The Morgan fingerprint density at radius 2 is 1.81 bits per heavy atom. The van der Waals surface area contributed by atoms with Crippen LogP contribution in [-0.2, 0) is 17.9 Å². The summed E-state index contributed by atoms with van der Waals surface area (Å²) >= 11 is 6.46. The monoisotopic (exact) mass is 671 g/mol. The Bertz CT molecular complexity index is 1740. The molecule has 1 aliphatic carbocycles. The summed E-state index contributed by atoms with van der Waals surface area (Å²) in [6.45, 7) is 6.40. The molecule has 0 radical (unpaired) electrons. The number of pyridine rings is 1. The molecule has 0 amide bonds. The van der Waals surface area contributed by atoms with Gasteiger partial charge in [-0.3, -0.25) is 14.6 Å². The lowest BCUT2D eigenvalue weighted by Crippen LogP contribution is -2.45. The van der Waals surface area contributed by atoms with E-state index >= 15 is 0 Å². The molecule has 5 aromatic rings. The Labute approximate surface area is 283 Å². The fraction of sp³-hybridized carbons (Fsp3) is 0.424. The van der Waals surface area contributed by atoms with Crippen LogP contribution < -0.4 is 14.8 Å². The normalized spacial score (nSPS) is 19.1. The maximum Gasteiger partial charge on any atom is 0.257 e. The number of benzene rings is 1. The predicted octanol–water partition coefficient (Wildman–Crippen LogP) is 4.98. The van der Waals surface area contributed by atoms with Crippen LogP contribution in [0.4, 0.5) is 11.6 Å². The maximum atomic E-state index is 6.46. The van der Waals surface area contributed by atoms with Crippen LogP contribution in [-0.4, -0.2) is 88.3 Å². The zero-order valence-electron chi connectivity index (χ0n) is 26.7. The molecular weight excluding hydrogens is 634 g/mol. The first-order valence-electron chi connectivity index (χ1n) is 16.3. The highest BCUT2D eigenvalue weighted by molar-refractivity contribution is 6.32. The van der Waals surface area contributed by atoms with Crippen LogP contribution in [0.2, 0.25) is 5.02 Å². The fourth-order valence-corrected chi connectivity index (χ4v) is 6.39. The minimum atomic E-state index is -0.209. The molecule has 1 aromatic carbocycles. The summed E-state index contributed by atoms with van der Waals surface area (Å²) in [5, 5.41) is 20.0. The van der Waals surface area contributed by atoms with Gasteiger partial charge in [-0.05, 0) is 72.9 Å². The van der Waals surface area contributed by atoms with Crippen molar-refractivity contribution in [1.82, 2.24) is 49.8 Å². The third kappa shape index (κ3) is 7.89. The summed E-state index contributed by atoms with van der Waals surface area (Å²) in [6, 6.07) is 12.2. The van der Waals surface area contributed by atoms with E-state index in [9.17, 15) is 0 Å². The van der Waals surface area contributed by atoms with Crippen LogP contribution in [0, 0.1) is 0 Å². The number of aromatic nitrogens is 9. The summed E-state index contributed by atoms with van der Waals surface area (Å²) in [4.78, 5) is 16.2. The van der Waals surface area contributed by atoms with E-state index in [0.717, 1.165) is 68.8 Å². The minimum absolute atomic E-state index is 0.209. The Morgan fingerprint density at radius 3 is 2.56 bits per heavy atom. The lowest BCUT2D eigenvalue weighted by molar-refractivity contribution is 0.00502. The largest absolute Gasteiger partial charge is 0.487 e. The molecule has 1 N–H and O–H groups in total. The molecule has 0 bridgehead atoms. The molecule has 250 valence electrons. The van der Waals surface area contributed by atoms with Crippen molar-refractivity contribution < 1.29 is 14.2 Å². The molecular formula is C33H38ClN11O3. The Hall–Kier alpha value is -4.66. The first-order chi connectivity index (χ1) is 23.6. The van der Waals surface area contributed by atoms with Gasteiger partial charge in [0.1, 0.15) is 30.5 Å². The van der Waals surface area contributed by atoms with Gasteiger partial charge in [0, 0.05) is 43.3 Å². The lowest BCUT2D eigenvalue weighted by Gasteiger charge is -2.38. The van der Waals surface area contributed by atoms with E-state index in [-0.39, 0.29) is 12.1 Å². The van der Waals surface area contributed by atoms with Crippen molar-refractivity contribution in [3.63, 3.8) is 0 Å². The number of nitrogens with zero attached hydrogens (tertiary/aromatic N) is 10. The van der Waals surface area contributed by atoms with Crippen molar-refractivity contribution in [3.05, 3.63) is 78.2 Å². The van der Waals surface area contributed by atoms with E-state index in [4.69, 9.17) is 30.9 Å². The highest BCUT2D eigenvalue weighted by Crippen LogP contribution is 2.35. The Morgan fingerprint density at radius 1 is 1.00 bits per heavy atom. The third-order valence-corrected chi connectivity index (χ3v) is 9.02. The molecule has 1 saturated carbocycles. The molecule has 15 heteroatoms. The Kier molecular flexibility index (Phi) is 10.0. The number of tetrazole rings is 1. The summed E-state index contributed by atoms with van der Waals surface area (Å²) in [5.41, 5.74) is 3.21. The van der Waals surface area contributed by atoms with Crippen molar-refractivity contribution >= 4 is 23.2 Å². The van der Waals surface area contributed by atoms with Gasteiger partial charge >= 0.3 is 0 Å². The first kappa shape index (κ1) is 31.9. The quantitative estimate of drug-likeness (QED) is 0.191. The van der Waals surface area contributed by atoms with Crippen molar-refractivity contribution in [2.24, 2.45) is 0 Å². The number of anilines is 2. The van der Waals surface area contributed by atoms with Crippen LogP contribution in [0.15, 0.2) is 67.5 Å². The molecule has 0 spiro atoms. The van der Waals surface area contributed by atoms with E-state index in [1.165, 1.54) is 0 Å². The van der Waals surface area contributed by atoms with E-state index in [0.29, 0.717) is 47.5 Å². The van der Waals surface area contributed by atoms with Crippen molar-refractivity contribution in [3.8, 4) is 22.8 Å². The van der Waals surface area contributed by atoms with E-state index in [1.807, 2.05) is 48.1 Å². The van der Waals surface area contributed by atoms with Gasteiger partial charge < -0.3 is 19.5 Å². The molecule has 2 fully saturated rings. The van der Waals surface area contributed by atoms with Crippen LogP contribution in [0.5, 0.6) is 11.6 Å². The second-order valence-corrected chi connectivity index (χ2v) is 12.5. The van der Waals surface area contributed by atoms with Gasteiger partial charge in [-0.15, -0.1) is 10.2 Å². The van der Waals surface area contributed by atoms with E-state index in [1.54, 1.807) is 35.7 Å². The number of ether oxygens (including phenoxy) is 3. The molecule has 14 nitrogen and oxygen atoms in total. The number of halogens is 1. The van der Waals surface area contributed by atoms with Crippen LogP contribution in [0.3, 0.4) is 0 Å². The molecule has 48 heavy (non-hydrogen) atoms. The van der Waals surface area contributed by atoms with E-state index in [2.05, 4.69) is 40.7 Å². The SMILES string of the molecule is C[C@@H](Cn1cnnn1)Oc1cc(-c2cnc(Nc3cn(C4CCC(N5CCOCC5)CC4)nc3OCc3ccccn3)nc2)ccc1Cl. The lowest BCUT2D eigenvalue weighted by atomic mass is 9.90. The second-order valence-electron chi connectivity index (χ2n) is 12.1. The van der Waals surface area contributed by atoms with Gasteiger partial charge in [0.05, 0.1) is 42.7 Å². The fourth-order valence-electron chi connectivity index (χ4n) is 6.23. The number of hydrogen-bond donors (Lipinski definition) is 1. The molecule has 7 rings (SSSR count). The Balaban J connectivity index is 1.04. The molecule has 0 unspecified atom stereocenters. The number of hydrogen-bond acceptors (Lipinski definition) is 12. The zero-order chi connectivity index (χ0) is 32.7. The van der Waals surface area contributed by atoms with Gasteiger partial charge in [-0.25, -0.2) is 14.6 Å². The number of nitrogens with one attached hydrogen (secondary N) is 1. The zero-order valence-corrected chi connectivity index (χ0v) is 27.5. The van der Waals surface area contributed by atoms with Gasteiger partial charge in [-0.1, -0.05) is 23.7 Å². The topological polar surface area (TPSA) is 143 Å². The third-order valence-electron chi connectivity index (χ3n) is 8.71. The smallest absolute Gasteiger partial charge is 0.257 e. The van der Waals surface area contributed by atoms with Crippen LogP contribution in [0.1, 0.15) is 44.3 Å². The average molecular weight is 672 g/mol. The summed E-state index contributed by atoms with van der Waals surface area (Å²) in [5.74, 6) is 1.47. The average Bonchev–Trinajstić information content (AvgIpc) is 3.79. The number of rotatable bonds is 12. The molecule has 1 aliphatic heterocycles. The van der Waals surface area contributed by atoms with Crippen molar-refractivity contribution in [2.75, 3.05) is 31.6 Å². The highest BCUT2D eigenvalue weighted by Gasteiger charge is 2.29. The minimum Gasteiger partial charge on any atom is -0.487 e. The van der Waals surface area contributed by atoms with Crippen LogP contribution >= 0.6 is 11.6 Å². The highest BCUT2D eigenvalue weighted by atomic mass is 35.5. The number of morpholine rings is 1. The van der Waals surface area contributed by atoms with Crippen molar-refractivity contribution in [2.45, 2.75) is 63.9 Å². The van der Waals surface area contributed by atoms with Gasteiger partial charge in [0.2, 0.25) is 5.95 Å². The molecule has 4 aromatic heterocycles. The molecule has 1 atom stereocenters.